The van der Waals surface area contributed by atoms with Crippen molar-refractivity contribution in [3.05, 3.63) is 99.1 Å². The molecule has 0 radical (unpaired) electrons. The summed E-state index contributed by atoms with van der Waals surface area (Å²) in [5, 5.41) is 22.9. The monoisotopic (exact) mass is 442 g/mol. The van der Waals surface area contributed by atoms with Gasteiger partial charge in [0.1, 0.15) is 6.61 Å². The van der Waals surface area contributed by atoms with Crippen molar-refractivity contribution in [3.63, 3.8) is 0 Å². The van der Waals surface area contributed by atoms with Crippen LogP contribution >= 0.6 is 0 Å². The molecule has 0 saturated carbocycles. The maximum Gasteiger partial charge on any atom is 0.407 e. The highest BCUT2D eigenvalue weighted by Crippen LogP contribution is 2.44. The molecule has 4 rings (SSSR count). The van der Waals surface area contributed by atoms with Gasteiger partial charge < -0.3 is 15.2 Å². The molecule has 0 aliphatic heterocycles. The first-order valence-corrected chi connectivity index (χ1v) is 10.5. The number of carbonyl (C=O) groups is 1. The Morgan fingerprint density at radius 1 is 1.06 bits per heavy atom. The number of hydrogen-bond donors (Lipinski definition) is 2. The van der Waals surface area contributed by atoms with Crippen molar-refractivity contribution in [3.8, 4) is 23.0 Å². The quantitative estimate of drug-likeness (QED) is 0.256. The lowest BCUT2D eigenvalue weighted by molar-refractivity contribution is -0.385. The molecule has 0 heterocycles. The molecule has 7 heteroatoms. The molecule has 0 fully saturated rings. The number of alkyl carbamates (subject to hydrolysis) is 1. The molecular weight excluding hydrogens is 420 g/mol. The Morgan fingerprint density at radius 3 is 2.36 bits per heavy atom. The second-order valence-electron chi connectivity index (χ2n) is 7.56. The molecule has 0 spiro atoms. The average Bonchev–Trinajstić information content (AvgIpc) is 3.16. The number of nitrogens with zero attached hydrogens (tertiary/aromatic N) is 1. The van der Waals surface area contributed by atoms with Gasteiger partial charge in [-0.25, -0.2) is 4.79 Å². The van der Waals surface area contributed by atoms with Gasteiger partial charge in [0, 0.05) is 30.5 Å². The number of hydrogen-bond acceptors (Lipinski definition) is 5. The molecule has 166 valence electrons. The molecule has 0 saturated heterocycles. The minimum absolute atomic E-state index is 0.000578. The number of nitro benzene ring substituents is 1. The first-order valence-electron chi connectivity index (χ1n) is 10.5. The van der Waals surface area contributed by atoms with E-state index in [4.69, 9.17) is 4.74 Å². The van der Waals surface area contributed by atoms with Gasteiger partial charge in [-0.1, -0.05) is 60.4 Å². The van der Waals surface area contributed by atoms with Crippen LogP contribution in [-0.4, -0.2) is 29.3 Å². The van der Waals surface area contributed by atoms with Gasteiger partial charge in [0.05, 0.1) is 17.1 Å². The lowest BCUT2D eigenvalue weighted by Gasteiger charge is -2.14. The summed E-state index contributed by atoms with van der Waals surface area (Å²) in [5.74, 6) is 5.71. The largest absolute Gasteiger partial charge is 0.449 e. The molecule has 0 bridgehead atoms. The van der Waals surface area contributed by atoms with Gasteiger partial charge in [0.15, 0.2) is 0 Å². The van der Waals surface area contributed by atoms with E-state index in [1.165, 1.54) is 23.3 Å². The van der Waals surface area contributed by atoms with Crippen molar-refractivity contribution >= 4 is 11.8 Å². The molecule has 0 unspecified atom stereocenters. The fourth-order valence-corrected chi connectivity index (χ4v) is 3.99. The minimum atomic E-state index is -0.546. The Kier molecular flexibility index (Phi) is 6.67. The normalized spacial score (nSPS) is 11.7. The summed E-state index contributed by atoms with van der Waals surface area (Å²) in [5.41, 5.74) is 5.19. The van der Waals surface area contributed by atoms with Crippen LogP contribution < -0.4 is 5.32 Å². The van der Waals surface area contributed by atoms with Crippen molar-refractivity contribution in [2.24, 2.45) is 0 Å². The van der Waals surface area contributed by atoms with Crippen molar-refractivity contribution in [2.75, 3.05) is 13.2 Å². The zero-order valence-electron chi connectivity index (χ0n) is 17.8. The number of benzene rings is 3. The Hall–Kier alpha value is -4.15. The SMILES string of the molecule is O=C(NCCC#Cc1ccc(CO)c([N+](=O)[O-])c1)OCC1c2ccccc2-c2ccccc21. The number of nitrogens with one attached hydrogen (secondary N) is 1. The van der Waals surface area contributed by atoms with E-state index in [0.717, 1.165) is 11.1 Å². The molecule has 1 aliphatic carbocycles. The van der Waals surface area contributed by atoms with Gasteiger partial charge in [0.25, 0.3) is 5.69 Å². The summed E-state index contributed by atoms with van der Waals surface area (Å²) >= 11 is 0. The summed E-state index contributed by atoms with van der Waals surface area (Å²) < 4.78 is 5.48. The predicted molar refractivity (Wildman–Crippen MR) is 124 cm³/mol. The molecule has 33 heavy (non-hydrogen) atoms. The highest BCUT2D eigenvalue weighted by molar-refractivity contribution is 5.79. The van der Waals surface area contributed by atoms with Gasteiger partial charge in [-0.3, -0.25) is 10.1 Å². The fourth-order valence-electron chi connectivity index (χ4n) is 3.99. The van der Waals surface area contributed by atoms with Crippen molar-refractivity contribution in [2.45, 2.75) is 18.9 Å². The molecule has 2 N–H and O–H groups in total. The first kappa shape index (κ1) is 22.1. The number of aliphatic hydroxyl groups excluding tert-OH is 1. The predicted octanol–water partition coefficient (Wildman–Crippen LogP) is 4.37. The number of fused-ring (bicyclic) bond motifs is 3. The van der Waals surface area contributed by atoms with Crippen LogP contribution in [0.2, 0.25) is 0 Å². The van der Waals surface area contributed by atoms with Crippen LogP contribution in [0, 0.1) is 22.0 Å². The molecule has 0 aromatic heterocycles. The van der Waals surface area contributed by atoms with Crippen LogP contribution in [0.5, 0.6) is 0 Å². The summed E-state index contributed by atoms with van der Waals surface area (Å²) in [6.45, 7) is 0.126. The van der Waals surface area contributed by atoms with E-state index in [-0.39, 0.29) is 23.8 Å². The molecule has 0 atom stereocenters. The highest BCUT2D eigenvalue weighted by Gasteiger charge is 2.28. The summed E-state index contributed by atoms with van der Waals surface area (Å²) in [6.07, 6.45) is -0.152. The van der Waals surface area contributed by atoms with E-state index < -0.39 is 17.6 Å². The van der Waals surface area contributed by atoms with Crippen molar-refractivity contribution < 1.29 is 19.6 Å². The lowest BCUT2D eigenvalue weighted by atomic mass is 9.98. The molecule has 7 nitrogen and oxygen atoms in total. The topological polar surface area (TPSA) is 102 Å². The van der Waals surface area contributed by atoms with Gasteiger partial charge in [-0.05, 0) is 34.4 Å². The zero-order chi connectivity index (χ0) is 23.2. The number of carbonyl (C=O) groups excluding carboxylic acids is 1. The Balaban J connectivity index is 1.29. The van der Waals surface area contributed by atoms with E-state index in [1.54, 1.807) is 6.07 Å². The third-order valence-electron chi connectivity index (χ3n) is 5.55. The molecule has 3 aromatic rings. The van der Waals surface area contributed by atoms with E-state index in [2.05, 4.69) is 41.4 Å². The second-order valence-corrected chi connectivity index (χ2v) is 7.56. The van der Waals surface area contributed by atoms with Crippen LogP contribution in [0.25, 0.3) is 11.1 Å². The molecular formula is C26H22N2O5. The smallest absolute Gasteiger partial charge is 0.407 e. The van der Waals surface area contributed by atoms with Gasteiger partial charge in [-0.2, -0.15) is 0 Å². The van der Waals surface area contributed by atoms with E-state index in [0.29, 0.717) is 18.5 Å². The number of aliphatic hydroxyl groups is 1. The maximum absolute atomic E-state index is 12.2. The Bertz CT molecular complexity index is 1210. The third-order valence-corrected chi connectivity index (χ3v) is 5.55. The first-order chi connectivity index (χ1) is 16.1. The number of nitro groups is 1. The van der Waals surface area contributed by atoms with Crippen molar-refractivity contribution in [1.29, 1.82) is 0 Å². The van der Waals surface area contributed by atoms with Crippen LogP contribution in [0.4, 0.5) is 10.5 Å². The Labute approximate surface area is 191 Å². The lowest BCUT2D eigenvalue weighted by Crippen LogP contribution is -2.26. The van der Waals surface area contributed by atoms with Crippen LogP contribution in [0.15, 0.2) is 66.7 Å². The third kappa shape index (κ3) is 4.86. The van der Waals surface area contributed by atoms with E-state index >= 15 is 0 Å². The Morgan fingerprint density at radius 2 is 1.73 bits per heavy atom. The highest BCUT2D eigenvalue weighted by atomic mass is 16.6. The second kappa shape index (κ2) is 9.98. The van der Waals surface area contributed by atoms with Crippen molar-refractivity contribution in [1.82, 2.24) is 5.32 Å². The maximum atomic E-state index is 12.2. The zero-order valence-corrected chi connectivity index (χ0v) is 17.8. The molecule has 1 amide bonds. The average molecular weight is 442 g/mol. The van der Waals surface area contributed by atoms with Crippen LogP contribution in [0.3, 0.4) is 0 Å². The minimum Gasteiger partial charge on any atom is -0.449 e. The number of ether oxygens (including phenoxy) is 1. The standard InChI is InChI=1S/C26H22N2O5/c29-16-19-13-12-18(15-25(19)28(31)32)7-5-6-14-27-26(30)33-17-24-22-10-3-1-8-20(22)21-9-2-4-11-23(21)24/h1-4,8-13,15,24,29H,6,14,16-17H2,(H,27,30). The number of rotatable bonds is 6. The summed E-state index contributed by atoms with van der Waals surface area (Å²) in [6, 6.07) is 20.7. The molecule has 3 aromatic carbocycles. The van der Waals surface area contributed by atoms with Gasteiger partial charge in [-0.15, -0.1) is 0 Å². The summed E-state index contributed by atoms with van der Waals surface area (Å²) in [7, 11) is 0. The molecule has 1 aliphatic rings. The summed E-state index contributed by atoms with van der Waals surface area (Å²) in [4.78, 5) is 22.7. The van der Waals surface area contributed by atoms with Gasteiger partial charge in [0.2, 0.25) is 0 Å². The fraction of sp³-hybridized carbons (Fsp3) is 0.192. The van der Waals surface area contributed by atoms with Crippen LogP contribution in [-0.2, 0) is 11.3 Å². The number of amides is 1. The van der Waals surface area contributed by atoms with E-state index in [9.17, 15) is 20.0 Å². The van der Waals surface area contributed by atoms with Crippen LogP contribution in [0.1, 0.15) is 34.6 Å². The van der Waals surface area contributed by atoms with Gasteiger partial charge >= 0.3 is 6.09 Å². The van der Waals surface area contributed by atoms with E-state index in [1.807, 2.05) is 24.3 Å².